The van der Waals surface area contributed by atoms with Gasteiger partial charge < -0.3 is 14.9 Å². The number of nitrogen functional groups attached to an aromatic ring is 1. The lowest BCUT2D eigenvalue weighted by Gasteiger charge is -2.14. The van der Waals surface area contributed by atoms with Gasteiger partial charge in [-0.25, -0.2) is 9.18 Å². The lowest BCUT2D eigenvalue weighted by molar-refractivity contribution is 0.0527. The van der Waals surface area contributed by atoms with Crippen LogP contribution in [0.25, 0.3) is 27.6 Å². The average molecular weight is 382 g/mol. The summed E-state index contributed by atoms with van der Waals surface area (Å²) in [6.07, 6.45) is 5.74. The Morgan fingerprint density at radius 1 is 1.29 bits per heavy atom. The van der Waals surface area contributed by atoms with E-state index in [-0.39, 0.29) is 40.1 Å². The van der Waals surface area contributed by atoms with E-state index >= 15 is 0 Å². The number of ether oxygens (including phenoxy) is 1. The molecule has 0 spiro atoms. The molecule has 0 saturated carbocycles. The first-order valence-electron chi connectivity index (χ1n) is 9.22. The number of carbonyl (C=O) groups excluding carboxylic acids is 1. The predicted molar refractivity (Wildman–Crippen MR) is 105 cm³/mol. The summed E-state index contributed by atoms with van der Waals surface area (Å²) in [4.78, 5) is 29.1. The monoisotopic (exact) mass is 382 g/mol. The molecule has 0 amide bonds. The van der Waals surface area contributed by atoms with Crippen molar-refractivity contribution in [1.29, 1.82) is 0 Å². The van der Waals surface area contributed by atoms with Crippen LogP contribution in [0.2, 0.25) is 0 Å². The van der Waals surface area contributed by atoms with Gasteiger partial charge in [-0.15, -0.1) is 0 Å². The zero-order valence-corrected chi connectivity index (χ0v) is 15.4. The lowest BCUT2D eigenvalue weighted by atomic mass is 9.92. The Morgan fingerprint density at radius 3 is 2.82 bits per heavy atom. The third kappa shape index (κ3) is 3.02. The summed E-state index contributed by atoms with van der Waals surface area (Å²) in [5, 5.41) is 0.330. The number of allylic oxidation sites excluding steroid dienone is 2. The van der Waals surface area contributed by atoms with E-state index in [2.05, 4.69) is 4.98 Å². The lowest BCUT2D eigenvalue weighted by Crippen LogP contribution is -2.12. The Morgan fingerprint density at radius 2 is 2.11 bits per heavy atom. The number of nitrogens with two attached hydrogens (primary N) is 1. The second kappa shape index (κ2) is 7.07. The van der Waals surface area contributed by atoms with Gasteiger partial charge in [0, 0.05) is 11.6 Å². The number of pyridine rings is 1. The van der Waals surface area contributed by atoms with E-state index < -0.39 is 17.2 Å². The Labute approximate surface area is 159 Å². The fraction of sp³-hybridized carbons (Fsp3) is 0.286. The molecule has 0 saturated heterocycles. The van der Waals surface area contributed by atoms with Crippen LogP contribution < -0.4 is 11.2 Å². The van der Waals surface area contributed by atoms with E-state index in [4.69, 9.17) is 14.9 Å². The number of nitrogens with zero attached hydrogens (tertiary/aromatic N) is 1. The van der Waals surface area contributed by atoms with Crippen LogP contribution in [0.5, 0.6) is 0 Å². The molecule has 2 aromatic heterocycles. The summed E-state index contributed by atoms with van der Waals surface area (Å²) in [6, 6.07) is 4.05. The molecule has 6 nitrogen and oxygen atoms in total. The van der Waals surface area contributed by atoms with Crippen LogP contribution in [-0.2, 0) is 4.74 Å². The van der Waals surface area contributed by atoms with Gasteiger partial charge >= 0.3 is 5.97 Å². The molecule has 144 valence electrons. The van der Waals surface area contributed by atoms with Gasteiger partial charge in [-0.2, -0.15) is 4.98 Å². The number of rotatable bonds is 3. The fourth-order valence-electron chi connectivity index (χ4n) is 3.52. The number of carbonyl (C=O) groups is 1. The summed E-state index contributed by atoms with van der Waals surface area (Å²) < 4.78 is 25.2. The van der Waals surface area contributed by atoms with Gasteiger partial charge in [0.15, 0.2) is 0 Å². The molecule has 0 atom stereocenters. The standard InChI is InChI=1S/C21H19FN2O4/c1-2-27-21(26)15-9-14-18(25)13-8-12(11-6-4-3-5-7-11)16(22)10-17(13)28-20(14)24-19(15)23/h6,8-10H,2-5,7H2,1H3,(H2,23,24). The molecule has 28 heavy (non-hydrogen) atoms. The van der Waals surface area contributed by atoms with Gasteiger partial charge in [0.25, 0.3) is 0 Å². The minimum Gasteiger partial charge on any atom is -0.462 e. The maximum Gasteiger partial charge on any atom is 0.341 e. The number of benzene rings is 1. The van der Waals surface area contributed by atoms with Gasteiger partial charge in [0.1, 0.15) is 22.8 Å². The number of aromatic nitrogens is 1. The van der Waals surface area contributed by atoms with Gasteiger partial charge in [-0.3, -0.25) is 4.79 Å². The zero-order chi connectivity index (χ0) is 19.8. The van der Waals surface area contributed by atoms with Crippen LogP contribution in [-0.4, -0.2) is 17.6 Å². The van der Waals surface area contributed by atoms with Crippen molar-refractivity contribution >= 4 is 39.4 Å². The molecule has 2 heterocycles. The van der Waals surface area contributed by atoms with Crippen LogP contribution in [0.15, 0.2) is 33.5 Å². The first-order chi connectivity index (χ1) is 13.5. The highest BCUT2D eigenvalue weighted by Gasteiger charge is 2.20. The smallest absolute Gasteiger partial charge is 0.341 e. The van der Waals surface area contributed by atoms with Crippen molar-refractivity contribution in [3.8, 4) is 0 Å². The number of hydrogen-bond donors (Lipinski definition) is 1. The Bertz CT molecular complexity index is 1200. The molecule has 2 N–H and O–H groups in total. The molecule has 0 fully saturated rings. The Hall–Kier alpha value is -3.22. The highest BCUT2D eigenvalue weighted by molar-refractivity contribution is 5.99. The summed E-state index contributed by atoms with van der Waals surface area (Å²) in [5.74, 6) is -1.22. The van der Waals surface area contributed by atoms with E-state index in [1.165, 1.54) is 18.2 Å². The maximum atomic E-state index is 14.7. The fourth-order valence-corrected chi connectivity index (χ4v) is 3.52. The molecule has 0 aliphatic heterocycles. The number of anilines is 1. The van der Waals surface area contributed by atoms with E-state index in [0.717, 1.165) is 31.3 Å². The molecule has 4 rings (SSSR count). The van der Waals surface area contributed by atoms with Crippen LogP contribution >= 0.6 is 0 Å². The van der Waals surface area contributed by atoms with Crippen LogP contribution in [0.4, 0.5) is 10.2 Å². The highest BCUT2D eigenvalue weighted by Crippen LogP contribution is 2.31. The minimum absolute atomic E-state index is 0.00155. The first kappa shape index (κ1) is 18.2. The zero-order valence-electron chi connectivity index (χ0n) is 15.4. The predicted octanol–water partition coefficient (Wildman–Crippen LogP) is 4.20. The Balaban J connectivity index is 1.96. The molecule has 0 unspecified atom stereocenters. The minimum atomic E-state index is -0.666. The summed E-state index contributed by atoms with van der Waals surface area (Å²) >= 11 is 0. The maximum absolute atomic E-state index is 14.7. The number of halogens is 1. The molecular weight excluding hydrogens is 363 g/mol. The molecular formula is C21H19FN2O4. The molecule has 1 aromatic carbocycles. The van der Waals surface area contributed by atoms with Gasteiger partial charge in [-0.05, 0) is 50.3 Å². The van der Waals surface area contributed by atoms with E-state index in [1.807, 2.05) is 6.08 Å². The third-order valence-corrected chi connectivity index (χ3v) is 4.91. The average Bonchev–Trinajstić information content (AvgIpc) is 2.68. The van der Waals surface area contributed by atoms with Crippen molar-refractivity contribution in [2.45, 2.75) is 32.6 Å². The third-order valence-electron chi connectivity index (χ3n) is 4.91. The molecule has 1 aliphatic rings. The number of esters is 1. The molecule has 7 heteroatoms. The SMILES string of the molecule is CCOC(=O)c1cc2c(=O)c3cc(C4=CCCCC4)c(F)cc3oc2nc1N. The summed E-state index contributed by atoms with van der Waals surface area (Å²) in [7, 11) is 0. The summed E-state index contributed by atoms with van der Waals surface area (Å²) in [5.41, 5.74) is 6.76. The quantitative estimate of drug-likeness (QED) is 0.539. The number of fused-ring (bicyclic) bond motifs is 2. The van der Waals surface area contributed by atoms with Crippen molar-refractivity contribution in [3.05, 3.63) is 51.4 Å². The van der Waals surface area contributed by atoms with Gasteiger partial charge in [-0.1, -0.05) is 6.08 Å². The van der Waals surface area contributed by atoms with Crippen LogP contribution in [0.1, 0.15) is 48.5 Å². The van der Waals surface area contributed by atoms with E-state index in [1.54, 1.807) is 6.92 Å². The van der Waals surface area contributed by atoms with E-state index in [0.29, 0.717) is 5.56 Å². The Kier molecular flexibility index (Phi) is 4.58. The molecule has 0 bridgehead atoms. The topological polar surface area (TPSA) is 95.4 Å². The van der Waals surface area contributed by atoms with Crippen molar-refractivity contribution in [2.24, 2.45) is 0 Å². The van der Waals surface area contributed by atoms with Crippen LogP contribution in [0.3, 0.4) is 0 Å². The second-order valence-corrected chi connectivity index (χ2v) is 6.73. The molecule has 1 aliphatic carbocycles. The van der Waals surface area contributed by atoms with Crippen molar-refractivity contribution in [1.82, 2.24) is 4.98 Å². The van der Waals surface area contributed by atoms with Gasteiger partial charge in [0.2, 0.25) is 11.1 Å². The normalized spacial score (nSPS) is 14.3. The van der Waals surface area contributed by atoms with Crippen molar-refractivity contribution in [2.75, 3.05) is 12.3 Å². The van der Waals surface area contributed by atoms with Crippen molar-refractivity contribution in [3.63, 3.8) is 0 Å². The first-order valence-corrected chi connectivity index (χ1v) is 9.22. The number of hydrogen-bond acceptors (Lipinski definition) is 6. The second-order valence-electron chi connectivity index (χ2n) is 6.73. The summed E-state index contributed by atoms with van der Waals surface area (Å²) in [6.45, 7) is 1.83. The molecule has 0 radical (unpaired) electrons. The highest BCUT2D eigenvalue weighted by atomic mass is 19.1. The van der Waals surface area contributed by atoms with Crippen LogP contribution in [0, 0.1) is 5.82 Å². The molecule has 3 aromatic rings. The van der Waals surface area contributed by atoms with Gasteiger partial charge in [0.05, 0.1) is 17.4 Å². The largest absolute Gasteiger partial charge is 0.462 e. The van der Waals surface area contributed by atoms with E-state index in [9.17, 15) is 14.0 Å². The van der Waals surface area contributed by atoms with Crippen molar-refractivity contribution < 1.29 is 18.3 Å².